The van der Waals surface area contributed by atoms with E-state index >= 15 is 0 Å². The number of carbonyl (C=O) groups is 2. The molecule has 0 saturated carbocycles. The van der Waals surface area contributed by atoms with Crippen LogP contribution in [0.5, 0.6) is 0 Å². The van der Waals surface area contributed by atoms with Crippen molar-refractivity contribution in [3.63, 3.8) is 0 Å². The molecule has 7 nitrogen and oxygen atoms in total. The van der Waals surface area contributed by atoms with Crippen LogP contribution in [-0.2, 0) is 4.74 Å². The molecule has 2 N–H and O–H groups in total. The van der Waals surface area contributed by atoms with Gasteiger partial charge in [-0.1, -0.05) is 0 Å². The van der Waals surface area contributed by atoms with Crippen LogP contribution in [0.3, 0.4) is 0 Å². The first-order valence-electron chi connectivity index (χ1n) is 6.78. The van der Waals surface area contributed by atoms with Crippen molar-refractivity contribution in [2.45, 2.75) is 13.3 Å². The van der Waals surface area contributed by atoms with Crippen LogP contribution in [0.2, 0.25) is 0 Å². The monoisotopic (exact) mass is 290 g/mol. The first kappa shape index (κ1) is 14.8. The molecule has 1 aliphatic heterocycles. The average molecular weight is 290 g/mol. The van der Waals surface area contributed by atoms with E-state index in [1.54, 1.807) is 36.4 Å². The van der Waals surface area contributed by atoms with Crippen molar-refractivity contribution in [1.82, 2.24) is 20.7 Å². The fourth-order valence-corrected chi connectivity index (χ4v) is 1.88. The van der Waals surface area contributed by atoms with Crippen molar-refractivity contribution in [3.8, 4) is 0 Å². The Hall–Kier alpha value is -2.57. The largest absolute Gasteiger partial charge is 0.450 e. The van der Waals surface area contributed by atoms with Gasteiger partial charge in [-0.2, -0.15) is 0 Å². The lowest BCUT2D eigenvalue weighted by molar-refractivity contribution is 0.0932. The van der Waals surface area contributed by atoms with Gasteiger partial charge < -0.3 is 15.1 Å². The van der Waals surface area contributed by atoms with Gasteiger partial charge >= 0.3 is 6.09 Å². The van der Waals surface area contributed by atoms with Gasteiger partial charge in [0.2, 0.25) is 0 Å². The van der Waals surface area contributed by atoms with Gasteiger partial charge in [0.15, 0.2) is 0 Å². The number of aromatic nitrogens is 1. The van der Waals surface area contributed by atoms with Crippen molar-refractivity contribution in [2.24, 2.45) is 0 Å². The summed E-state index contributed by atoms with van der Waals surface area (Å²) in [7, 11) is 0. The van der Waals surface area contributed by atoms with E-state index in [2.05, 4.69) is 15.8 Å². The zero-order chi connectivity index (χ0) is 15.1. The smallest absolute Gasteiger partial charge is 0.410 e. The molecule has 0 aliphatic carbocycles. The molecule has 1 aromatic heterocycles. The quantitative estimate of drug-likeness (QED) is 0.810. The molecule has 0 bridgehead atoms. The summed E-state index contributed by atoms with van der Waals surface area (Å²) in [6.45, 7) is 3.17. The molecule has 112 valence electrons. The Balaban J connectivity index is 1.80. The molecule has 2 amide bonds. The zero-order valence-corrected chi connectivity index (χ0v) is 11.8. The lowest BCUT2D eigenvalue weighted by Crippen LogP contribution is -2.41. The fourth-order valence-electron chi connectivity index (χ4n) is 1.88. The summed E-state index contributed by atoms with van der Waals surface area (Å²) in [6, 6.07) is 3.27. The lowest BCUT2D eigenvalue weighted by Gasteiger charge is -2.26. The highest BCUT2D eigenvalue weighted by Crippen LogP contribution is 2.08. The number of hydrogen-bond donors (Lipinski definition) is 2. The molecular weight excluding hydrogens is 272 g/mol. The summed E-state index contributed by atoms with van der Waals surface area (Å²) >= 11 is 0. The SMILES string of the molecule is CCOC(=O)N1CC=C(NNC(=O)c2ccncc2)CC1. The summed E-state index contributed by atoms with van der Waals surface area (Å²) in [6.07, 6.45) is 5.30. The highest BCUT2D eigenvalue weighted by atomic mass is 16.6. The first-order chi connectivity index (χ1) is 10.2. The van der Waals surface area contributed by atoms with Crippen LogP contribution in [0.25, 0.3) is 0 Å². The van der Waals surface area contributed by atoms with Crippen molar-refractivity contribution in [2.75, 3.05) is 19.7 Å². The summed E-state index contributed by atoms with van der Waals surface area (Å²) in [5.41, 5.74) is 6.89. The number of carbonyl (C=O) groups excluding carboxylic acids is 2. The standard InChI is InChI=1S/C14H18N4O3/c1-2-21-14(20)18-9-5-12(6-10-18)16-17-13(19)11-3-7-15-8-4-11/h3-5,7-8,16H,2,6,9-10H2,1H3,(H,17,19). The molecular formula is C14H18N4O3. The van der Waals surface area contributed by atoms with Gasteiger partial charge in [-0.15, -0.1) is 0 Å². The molecule has 21 heavy (non-hydrogen) atoms. The third kappa shape index (κ3) is 4.20. The maximum Gasteiger partial charge on any atom is 0.410 e. The van der Waals surface area contributed by atoms with Gasteiger partial charge in [0.25, 0.3) is 5.91 Å². The Morgan fingerprint density at radius 2 is 2.14 bits per heavy atom. The second kappa shape index (κ2) is 7.28. The third-order valence-electron chi connectivity index (χ3n) is 3.01. The fraction of sp³-hybridized carbons (Fsp3) is 0.357. The summed E-state index contributed by atoms with van der Waals surface area (Å²) in [5.74, 6) is -0.230. The minimum Gasteiger partial charge on any atom is -0.450 e. The molecule has 0 fully saturated rings. The van der Waals surface area contributed by atoms with E-state index in [-0.39, 0.29) is 12.0 Å². The van der Waals surface area contributed by atoms with E-state index < -0.39 is 0 Å². The molecule has 0 spiro atoms. The normalized spacial score (nSPS) is 14.1. The van der Waals surface area contributed by atoms with Gasteiger partial charge in [-0.3, -0.25) is 15.2 Å². The van der Waals surface area contributed by atoms with Crippen molar-refractivity contribution in [1.29, 1.82) is 0 Å². The highest BCUT2D eigenvalue weighted by Gasteiger charge is 2.18. The minimum atomic E-state index is -0.311. The topological polar surface area (TPSA) is 83.6 Å². The predicted molar refractivity (Wildman–Crippen MR) is 76.1 cm³/mol. The van der Waals surface area contributed by atoms with Gasteiger partial charge in [0.1, 0.15) is 0 Å². The number of nitrogens with zero attached hydrogens (tertiary/aromatic N) is 2. The van der Waals surface area contributed by atoms with Crippen molar-refractivity contribution in [3.05, 3.63) is 41.9 Å². The van der Waals surface area contributed by atoms with Crippen LogP contribution in [0.1, 0.15) is 23.7 Å². The number of hydrogen-bond acceptors (Lipinski definition) is 5. The van der Waals surface area contributed by atoms with E-state index in [0.717, 1.165) is 5.70 Å². The second-order valence-electron chi connectivity index (χ2n) is 4.44. The van der Waals surface area contributed by atoms with E-state index in [4.69, 9.17) is 4.74 Å². The van der Waals surface area contributed by atoms with Crippen LogP contribution in [0.15, 0.2) is 36.3 Å². The number of pyridine rings is 1. The van der Waals surface area contributed by atoms with E-state index in [9.17, 15) is 9.59 Å². The number of nitrogens with one attached hydrogen (secondary N) is 2. The number of hydrazine groups is 1. The van der Waals surface area contributed by atoms with Crippen molar-refractivity contribution >= 4 is 12.0 Å². The van der Waals surface area contributed by atoms with Crippen LogP contribution < -0.4 is 10.9 Å². The van der Waals surface area contributed by atoms with Gasteiger partial charge in [-0.25, -0.2) is 4.79 Å². The summed E-state index contributed by atoms with van der Waals surface area (Å²) in [5, 5.41) is 0. The van der Waals surface area contributed by atoms with Gasteiger partial charge in [-0.05, 0) is 25.1 Å². The first-order valence-corrected chi connectivity index (χ1v) is 6.78. The maximum atomic E-state index is 11.8. The number of rotatable bonds is 4. The third-order valence-corrected chi connectivity index (χ3v) is 3.01. The minimum absolute atomic E-state index is 0.230. The molecule has 2 rings (SSSR count). The lowest BCUT2D eigenvalue weighted by atomic mass is 10.2. The summed E-state index contributed by atoms with van der Waals surface area (Å²) < 4.78 is 4.93. The van der Waals surface area contributed by atoms with E-state index in [1.807, 2.05) is 6.08 Å². The molecule has 0 saturated heterocycles. The predicted octanol–water partition coefficient (Wildman–Crippen LogP) is 1.06. The van der Waals surface area contributed by atoms with Crippen LogP contribution in [0, 0.1) is 0 Å². The van der Waals surface area contributed by atoms with Crippen LogP contribution in [-0.4, -0.2) is 41.6 Å². The zero-order valence-electron chi connectivity index (χ0n) is 11.8. The summed E-state index contributed by atoms with van der Waals surface area (Å²) in [4.78, 5) is 28.8. The molecule has 0 unspecified atom stereocenters. The Bertz CT molecular complexity index is 530. The maximum absolute atomic E-state index is 11.8. The Kier molecular flexibility index (Phi) is 5.14. The van der Waals surface area contributed by atoms with E-state index in [1.165, 1.54) is 0 Å². The number of ether oxygens (including phenoxy) is 1. The van der Waals surface area contributed by atoms with Crippen LogP contribution >= 0.6 is 0 Å². The molecule has 2 heterocycles. The molecule has 1 aromatic rings. The molecule has 0 radical (unpaired) electrons. The highest BCUT2D eigenvalue weighted by molar-refractivity contribution is 5.93. The molecule has 7 heteroatoms. The Morgan fingerprint density at radius 1 is 1.38 bits per heavy atom. The second-order valence-corrected chi connectivity index (χ2v) is 4.44. The molecule has 1 aliphatic rings. The van der Waals surface area contributed by atoms with Crippen molar-refractivity contribution < 1.29 is 14.3 Å². The number of amides is 2. The Labute approximate surface area is 123 Å². The Morgan fingerprint density at radius 3 is 2.76 bits per heavy atom. The molecule has 0 atom stereocenters. The average Bonchev–Trinajstić information content (AvgIpc) is 2.54. The van der Waals surface area contributed by atoms with Gasteiger partial charge in [0.05, 0.1) is 6.61 Å². The van der Waals surface area contributed by atoms with Gasteiger partial charge in [0, 0.05) is 43.2 Å². The van der Waals surface area contributed by atoms with Crippen LogP contribution in [0.4, 0.5) is 4.79 Å². The van der Waals surface area contributed by atoms with E-state index in [0.29, 0.717) is 31.7 Å². The molecule has 0 aromatic carbocycles.